The highest BCUT2D eigenvalue weighted by atomic mass is 16.5. The first-order valence-electron chi connectivity index (χ1n) is 5.74. The van der Waals surface area contributed by atoms with Crippen LogP contribution in [0.15, 0.2) is 24.5 Å². The summed E-state index contributed by atoms with van der Waals surface area (Å²) in [6, 6.07) is 4.33. The molecule has 0 aliphatic heterocycles. The van der Waals surface area contributed by atoms with E-state index >= 15 is 0 Å². The monoisotopic (exact) mass is 262 g/mol. The summed E-state index contributed by atoms with van der Waals surface area (Å²) in [5.74, 6) is -0.0465. The SMILES string of the molecule is CCn1ncnc1COc1cc(C(=O)O)ccc1N. The molecule has 0 spiro atoms. The Kier molecular flexibility index (Phi) is 3.65. The van der Waals surface area contributed by atoms with Crippen molar-refractivity contribution in [1.29, 1.82) is 0 Å². The minimum atomic E-state index is -1.03. The van der Waals surface area contributed by atoms with Crippen molar-refractivity contribution >= 4 is 11.7 Å². The van der Waals surface area contributed by atoms with E-state index in [1.807, 2.05) is 6.92 Å². The van der Waals surface area contributed by atoms with Crippen LogP contribution in [0.2, 0.25) is 0 Å². The van der Waals surface area contributed by atoms with Crippen LogP contribution in [0.25, 0.3) is 0 Å². The number of aryl methyl sites for hydroxylation is 1. The highest BCUT2D eigenvalue weighted by Gasteiger charge is 2.09. The van der Waals surface area contributed by atoms with Crippen molar-refractivity contribution in [2.75, 3.05) is 5.73 Å². The Morgan fingerprint density at radius 3 is 3.00 bits per heavy atom. The standard InChI is InChI=1S/C12H14N4O3/c1-2-16-11(14-7-15-16)6-19-10-5-8(12(17)18)3-4-9(10)13/h3-5,7H,2,6,13H2,1H3,(H,17,18). The van der Waals surface area contributed by atoms with Crippen LogP contribution in [0.5, 0.6) is 5.75 Å². The lowest BCUT2D eigenvalue weighted by molar-refractivity contribution is 0.0696. The minimum Gasteiger partial charge on any atom is -0.483 e. The van der Waals surface area contributed by atoms with E-state index in [-0.39, 0.29) is 12.2 Å². The van der Waals surface area contributed by atoms with Gasteiger partial charge in [-0.25, -0.2) is 14.5 Å². The minimum absolute atomic E-state index is 0.126. The van der Waals surface area contributed by atoms with Gasteiger partial charge in [0.1, 0.15) is 18.7 Å². The van der Waals surface area contributed by atoms with Crippen LogP contribution in [0.4, 0.5) is 5.69 Å². The van der Waals surface area contributed by atoms with Crippen molar-refractivity contribution in [2.45, 2.75) is 20.1 Å². The number of carbonyl (C=O) groups is 1. The second-order valence-corrected chi connectivity index (χ2v) is 3.84. The molecule has 7 heteroatoms. The zero-order chi connectivity index (χ0) is 13.8. The van der Waals surface area contributed by atoms with E-state index in [1.54, 1.807) is 4.68 Å². The Balaban J connectivity index is 2.15. The van der Waals surface area contributed by atoms with E-state index in [2.05, 4.69) is 10.1 Å². The molecule has 7 nitrogen and oxygen atoms in total. The average molecular weight is 262 g/mol. The number of hydrogen-bond donors (Lipinski definition) is 2. The van der Waals surface area contributed by atoms with Gasteiger partial charge in [0.25, 0.3) is 0 Å². The lowest BCUT2D eigenvalue weighted by Gasteiger charge is -2.09. The van der Waals surface area contributed by atoms with E-state index in [0.29, 0.717) is 23.8 Å². The fraction of sp³-hybridized carbons (Fsp3) is 0.250. The van der Waals surface area contributed by atoms with Gasteiger partial charge >= 0.3 is 5.97 Å². The van der Waals surface area contributed by atoms with Crippen molar-refractivity contribution in [3.05, 3.63) is 35.9 Å². The van der Waals surface area contributed by atoms with Gasteiger partial charge < -0.3 is 15.6 Å². The Morgan fingerprint density at radius 2 is 2.32 bits per heavy atom. The number of anilines is 1. The second kappa shape index (κ2) is 5.38. The largest absolute Gasteiger partial charge is 0.483 e. The highest BCUT2D eigenvalue weighted by Crippen LogP contribution is 2.23. The summed E-state index contributed by atoms with van der Waals surface area (Å²) in [6.45, 7) is 2.81. The highest BCUT2D eigenvalue weighted by molar-refractivity contribution is 5.89. The summed E-state index contributed by atoms with van der Waals surface area (Å²) >= 11 is 0. The van der Waals surface area contributed by atoms with Crippen molar-refractivity contribution in [1.82, 2.24) is 14.8 Å². The van der Waals surface area contributed by atoms with Crippen LogP contribution in [0, 0.1) is 0 Å². The van der Waals surface area contributed by atoms with Crippen LogP contribution in [0.3, 0.4) is 0 Å². The van der Waals surface area contributed by atoms with E-state index in [9.17, 15) is 4.79 Å². The summed E-state index contributed by atoms with van der Waals surface area (Å²) in [5, 5.41) is 12.9. The smallest absolute Gasteiger partial charge is 0.335 e. The lowest BCUT2D eigenvalue weighted by atomic mass is 10.2. The molecule has 0 unspecified atom stereocenters. The molecular weight excluding hydrogens is 248 g/mol. The number of benzene rings is 1. The normalized spacial score (nSPS) is 10.4. The molecule has 2 rings (SSSR count). The van der Waals surface area contributed by atoms with Crippen LogP contribution in [-0.4, -0.2) is 25.8 Å². The zero-order valence-corrected chi connectivity index (χ0v) is 10.4. The first kappa shape index (κ1) is 12.9. The maximum atomic E-state index is 10.9. The van der Waals surface area contributed by atoms with Crippen molar-refractivity contribution < 1.29 is 14.6 Å². The Labute approximate surface area is 109 Å². The first-order chi connectivity index (χ1) is 9.11. The summed E-state index contributed by atoms with van der Waals surface area (Å²) in [6.07, 6.45) is 1.44. The molecule has 1 aromatic heterocycles. The van der Waals surface area contributed by atoms with Gasteiger partial charge in [0, 0.05) is 6.54 Å². The molecular formula is C12H14N4O3. The van der Waals surface area contributed by atoms with Gasteiger partial charge in [0.15, 0.2) is 5.82 Å². The summed E-state index contributed by atoms with van der Waals surface area (Å²) in [5.41, 5.74) is 6.25. The molecule has 2 aromatic rings. The number of hydrogen-bond acceptors (Lipinski definition) is 5. The molecule has 1 heterocycles. The first-order valence-corrected chi connectivity index (χ1v) is 5.74. The number of rotatable bonds is 5. The number of carboxylic acid groups (broad SMARTS) is 1. The lowest BCUT2D eigenvalue weighted by Crippen LogP contribution is -2.08. The maximum absolute atomic E-state index is 10.9. The fourth-order valence-corrected chi connectivity index (χ4v) is 1.60. The molecule has 0 atom stereocenters. The van der Waals surface area contributed by atoms with E-state index in [0.717, 1.165) is 0 Å². The predicted molar refractivity (Wildman–Crippen MR) is 67.8 cm³/mol. The van der Waals surface area contributed by atoms with Gasteiger partial charge in [-0.05, 0) is 25.1 Å². The maximum Gasteiger partial charge on any atom is 0.335 e. The molecule has 0 aliphatic carbocycles. The molecule has 100 valence electrons. The van der Waals surface area contributed by atoms with E-state index in [4.69, 9.17) is 15.6 Å². The third-order valence-electron chi connectivity index (χ3n) is 2.61. The molecule has 0 aliphatic rings. The molecule has 0 saturated heterocycles. The number of nitrogen functional groups attached to an aromatic ring is 1. The second-order valence-electron chi connectivity index (χ2n) is 3.84. The third kappa shape index (κ3) is 2.82. The number of carboxylic acids is 1. The Hall–Kier alpha value is -2.57. The molecule has 0 radical (unpaired) electrons. The van der Waals surface area contributed by atoms with E-state index in [1.165, 1.54) is 24.5 Å². The van der Waals surface area contributed by atoms with Gasteiger partial charge in [-0.2, -0.15) is 5.10 Å². The molecule has 1 aromatic carbocycles. The molecule has 0 amide bonds. The number of aromatic nitrogens is 3. The number of ether oxygens (including phenoxy) is 1. The average Bonchev–Trinajstić information content (AvgIpc) is 2.85. The Morgan fingerprint density at radius 1 is 1.53 bits per heavy atom. The van der Waals surface area contributed by atoms with Gasteiger partial charge in [-0.15, -0.1) is 0 Å². The zero-order valence-electron chi connectivity index (χ0n) is 10.4. The quantitative estimate of drug-likeness (QED) is 0.783. The number of nitrogens with two attached hydrogens (primary N) is 1. The molecule has 0 saturated carbocycles. The van der Waals surface area contributed by atoms with Gasteiger partial charge in [-0.3, -0.25) is 0 Å². The third-order valence-corrected chi connectivity index (χ3v) is 2.61. The van der Waals surface area contributed by atoms with E-state index < -0.39 is 5.97 Å². The van der Waals surface area contributed by atoms with Gasteiger partial charge in [0.2, 0.25) is 0 Å². The summed E-state index contributed by atoms with van der Waals surface area (Å²) in [7, 11) is 0. The molecule has 0 bridgehead atoms. The summed E-state index contributed by atoms with van der Waals surface area (Å²) in [4.78, 5) is 14.9. The predicted octanol–water partition coefficient (Wildman–Crippen LogP) is 1.16. The summed E-state index contributed by atoms with van der Waals surface area (Å²) < 4.78 is 7.19. The van der Waals surface area contributed by atoms with Crippen LogP contribution >= 0.6 is 0 Å². The molecule has 19 heavy (non-hydrogen) atoms. The molecule has 3 N–H and O–H groups in total. The topological polar surface area (TPSA) is 103 Å². The number of aromatic carboxylic acids is 1. The Bertz CT molecular complexity index is 594. The van der Waals surface area contributed by atoms with Gasteiger partial charge in [0.05, 0.1) is 11.3 Å². The van der Waals surface area contributed by atoms with Crippen molar-refractivity contribution in [3.63, 3.8) is 0 Å². The van der Waals surface area contributed by atoms with Crippen molar-refractivity contribution in [3.8, 4) is 5.75 Å². The van der Waals surface area contributed by atoms with Gasteiger partial charge in [-0.1, -0.05) is 0 Å². The van der Waals surface area contributed by atoms with Crippen LogP contribution in [0.1, 0.15) is 23.1 Å². The van der Waals surface area contributed by atoms with Crippen LogP contribution in [-0.2, 0) is 13.2 Å². The molecule has 0 fully saturated rings. The fourth-order valence-electron chi connectivity index (χ4n) is 1.60. The number of nitrogens with zero attached hydrogens (tertiary/aromatic N) is 3. The van der Waals surface area contributed by atoms with Crippen molar-refractivity contribution in [2.24, 2.45) is 0 Å². The van der Waals surface area contributed by atoms with Crippen LogP contribution < -0.4 is 10.5 Å².